The molecule has 1 rings (SSSR count). The maximum absolute atomic E-state index is 11.1. The van der Waals surface area contributed by atoms with Crippen molar-refractivity contribution in [2.75, 3.05) is 13.2 Å². The summed E-state index contributed by atoms with van der Waals surface area (Å²) in [5.74, 6) is -0.221. The van der Waals surface area contributed by atoms with E-state index in [1.807, 2.05) is 18.2 Å². The highest BCUT2D eigenvalue weighted by Crippen LogP contribution is 1.99. The number of nitrogens with zero attached hydrogens (tertiary/aromatic N) is 1. The molecule has 0 aromatic carbocycles. The number of rotatable bonds is 5. The third kappa shape index (κ3) is 4.00. The Morgan fingerprint density at radius 3 is 3.00 bits per heavy atom. The van der Waals surface area contributed by atoms with Gasteiger partial charge in [0.1, 0.15) is 6.61 Å². The van der Waals surface area contributed by atoms with E-state index in [2.05, 4.69) is 4.98 Å². The van der Waals surface area contributed by atoms with Crippen LogP contribution in [0.1, 0.15) is 12.1 Å². The summed E-state index contributed by atoms with van der Waals surface area (Å²) in [5, 5.41) is 0. The molecule has 0 unspecified atom stereocenters. The highest BCUT2D eigenvalue weighted by molar-refractivity contribution is 5.69. The zero-order chi connectivity index (χ0) is 10.2. The first kappa shape index (κ1) is 10.7. The monoisotopic (exact) mass is 194 g/mol. The van der Waals surface area contributed by atoms with E-state index in [4.69, 9.17) is 10.5 Å². The molecule has 0 fully saturated rings. The zero-order valence-corrected chi connectivity index (χ0v) is 7.98. The maximum atomic E-state index is 11.1. The van der Waals surface area contributed by atoms with Gasteiger partial charge < -0.3 is 10.5 Å². The molecule has 0 spiro atoms. The van der Waals surface area contributed by atoms with Crippen LogP contribution in [0.25, 0.3) is 0 Å². The van der Waals surface area contributed by atoms with Gasteiger partial charge in [-0.2, -0.15) is 0 Å². The molecular formula is C10H14N2O2. The van der Waals surface area contributed by atoms with E-state index < -0.39 is 0 Å². The van der Waals surface area contributed by atoms with Gasteiger partial charge in [-0.15, -0.1) is 0 Å². The second-order valence-corrected chi connectivity index (χ2v) is 2.83. The quantitative estimate of drug-likeness (QED) is 0.694. The summed E-state index contributed by atoms with van der Waals surface area (Å²) in [5.41, 5.74) is 6.09. The SMILES string of the molecule is NCCOC(=O)CCc1ccccn1. The van der Waals surface area contributed by atoms with Crippen molar-refractivity contribution in [3.8, 4) is 0 Å². The average molecular weight is 194 g/mol. The summed E-state index contributed by atoms with van der Waals surface area (Å²) in [6.45, 7) is 0.663. The first-order valence-electron chi connectivity index (χ1n) is 4.58. The van der Waals surface area contributed by atoms with Crippen molar-refractivity contribution >= 4 is 5.97 Å². The molecule has 0 aliphatic heterocycles. The molecule has 0 aliphatic rings. The van der Waals surface area contributed by atoms with Crippen molar-refractivity contribution in [2.45, 2.75) is 12.8 Å². The Hall–Kier alpha value is -1.42. The molecule has 76 valence electrons. The van der Waals surface area contributed by atoms with Crippen LogP contribution in [-0.2, 0) is 16.0 Å². The van der Waals surface area contributed by atoms with Gasteiger partial charge in [-0.25, -0.2) is 0 Å². The second kappa shape index (κ2) is 6.10. The lowest BCUT2D eigenvalue weighted by atomic mass is 10.2. The Balaban J connectivity index is 2.24. The van der Waals surface area contributed by atoms with Gasteiger partial charge in [0.25, 0.3) is 0 Å². The number of nitrogens with two attached hydrogens (primary N) is 1. The topological polar surface area (TPSA) is 65.2 Å². The summed E-state index contributed by atoms with van der Waals surface area (Å²) in [4.78, 5) is 15.2. The first-order valence-corrected chi connectivity index (χ1v) is 4.58. The molecule has 0 atom stereocenters. The Labute approximate surface area is 83.1 Å². The van der Waals surface area contributed by atoms with Crippen LogP contribution in [0.15, 0.2) is 24.4 Å². The molecule has 1 heterocycles. The minimum atomic E-state index is -0.221. The number of ether oxygens (including phenoxy) is 1. The van der Waals surface area contributed by atoms with Crippen molar-refractivity contribution < 1.29 is 9.53 Å². The number of aryl methyl sites for hydroxylation is 1. The number of aromatic nitrogens is 1. The molecule has 0 amide bonds. The van der Waals surface area contributed by atoms with Crippen molar-refractivity contribution in [1.82, 2.24) is 4.98 Å². The normalized spacial score (nSPS) is 9.79. The average Bonchev–Trinajstić information content (AvgIpc) is 2.25. The third-order valence-corrected chi connectivity index (χ3v) is 1.69. The number of carbonyl (C=O) groups excluding carboxylic acids is 1. The van der Waals surface area contributed by atoms with Gasteiger partial charge in [0.2, 0.25) is 0 Å². The fraction of sp³-hybridized carbons (Fsp3) is 0.400. The summed E-state index contributed by atoms with van der Waals surface area (Å²) >= 11 is 0. The Morgan fingerprint density at radius 2 is 2.36 bits per heavy atom. The van der Waals surface area contributed by atoms with Crippen LogP contribution in [0.5, 0.6) is 0 Å². The molecule has 14 heavy (non-hydrogen) atoms. The van der Waals surface area contributed by atoms with E-state index in [9.17, 15) is 4.79 Å². The first-order chi connectivity index (χ1) is 6.83. The molecule has 2 N–H and O–H groups in total. The Bertz CT molecular complexity index is 275. The van der Waals surface area contributed by atoms with Crippen LogP contribution in [-0.4, -0.2) is 24.1 Å². The number of esters is 1. The highest BCUT2D eigenvalue weighted by Gasteiger charge is 2.02. The van der Waals surface area contributed by atoms with E-state index in [0.717, 1.165) is 5.69 Å². The molecular weight excluding hydrogens is 180 g/mol. The van der Waals surface area contributed by atoms with Gasteiger partial charge in [-0.3, -0.25) is 9.78 Å². The van der Waals surface area contributed by atoms with Crippen LogP contribution in [0, 0.1) is 0 Å². The summed E-state index contributed by atoms with van der Waals surface area (Å²) in [6, 6.07) is 5.63. The molecule has 4 nitrogen and oxygen atoms in total. The van der Waals surface area contributed by atoms with Crippen molar-refractivity contribution in [3.63, 3.8) is 0 Å². The lowest BCUT2D eigenvalue weighted by molar-refractivity contribution is -0.143. The Kier molecular flexibility index (Phi) is 4.64. The molecule has 0 saturated carbocycles. The largest absolute Gasteiger partial charge is 0.464 e. The van der Waals surface area contributed by atoms with Crippen LogP contribution >= 0.6 is 0 Å². The van der Waals surface area contributed by atoms with Gasteiger partial charge >= 0.3 is 5.97 Å². The summed E-state index contributed by atoms with van der Waals surface area (Å²) < 4.78 is 4.82. The number of hydrogen-bond acceptors (Lipinski definition) is 4. The molecule has 0 aliphatic carbocycles. The molecule has 0 bridgehead atoms. The molecule has 4 heteroatoms. The number of pyridine rings is 1. The van der Waals surface area contributed by atoms with E-state index in [-0.39, 0.29) is 5.97 Å². The van der Waals surface area contributed by atoms with Crippen LogP contribution in [0.2, 0.25) is 0 Å². The molecule has 1 aromatic heterocycles. The predicted octanol–water partition coefficient (Wildman–Crippen LogP) is 0.516. The molecule has 1 aromatic rings. The lowest BCUT2D eigenvalue weighted by Crippen LogP contribution is -2.14. The van der Waals surface area contributed by atoms with Gasteiger partial charge in [0, 0.05) is 24.9 Å². The number of carbonyl (C=O) groups is 1. The summed E-state index contributed by atoms with van der Waals surface area (Å²) in [7, 11) is 0. The lowest BCUT2D eigenvalue weighted by Gasteiger charge is -2.02. The zero-order valence-electron chi connectivity index (χ0n) is 7.98. The third-order valence-electron chi connectivity index (χ3n) is 1.69. The van der Waals surface area contributed by atoms with Gasteiger partial charge in [0.15, 0.2) is 0 Å². The Morgan fingerprint density at radius 1 is 1.50 bits per heavy atom. The minimum absolute atomic E-state index is 0.221. The standard InChI is InChI=1S/C10H14N2O2/c11-6-8-14-10(13)5-4-9-3-1-2-7-12-9/h1-3,7H,4-6,8,11H2. The van der Waals surface area contributed by atoms with Gasteiger partial charge in [0.05, 0.1) is 6.42 Å². The summed E-state index contributed by atoms with van der Waals surface area (Å²) in [6.07, 6.45) is 2.68. The van der Waals surface area contributed by atoms with Gasteiger partial charge in [-0.05, 0) is 12.1 Å². The predicted molar refractivity (Wildman–Crippen MR) is 52.6 cm³/mol. The molecule has 0 radical (unpaired) electrons. The van der Waals surface area contributed by atoms with Crippen molar-refractivity contribution in [1.29, 1.82) is 0 Å². The fourth-order valence-electron chi connectivity index (χ4n) is 1.02. The molecule has 0 saturated heterocycles. The highest BCUT2D eigenvalue weighted by atomic mass is 16.5. The van der Waals surface area contributed by atoms with Crippen LogP contribution in [0.3, 0.4) is 0 Å². The fourth-order valence-corrected chi connectivity index (χ4v) is 1.02. The van der Waals surface area contributed by atoms with Crippen molar-refractivity contribution in [2.24, 2.45) is 5.73 Å². The van der Waals surface area contributed by atoms with E-state index in [0.29, 0.717) is 26.0 Å². The van der Waals surface area contributed by atoms with Gasteiger partial charge in [-0.1, -0.05) is 6.07 Å². The van der Waals surface area contributed by atoms with E-state index in [1.54, 1.807) is 6.20 Å². The second-order valence-electron chi connectivity index (χ2n) is 2.83. The number of hydrogen-bond donors (Lipinski definition) is 1. The van der Waals surface area contributed by atoms with E-state index >= 15 is 0 Å². The minimum Gasteiger partial charge on any atom is -0.464 e. The van der Waals surface area contributed by atoms with Crippen molar-refractivity contribution in [3.05, 3.63) is 30.1 Å². The van der Waals surface area contributed by atoms with Crippen LogP contribution < -0.4 is 5.73 Å². The maximum Gasteiger partial charge on any atom is 0.306 e. The van der Waals surface area contributed by atoms with E-state index in [1.165, 1.54) is 0 Å². The van der Waals surface area contributed by atoms with Crippen LogP contribution in [0.4, 0.5) is 0 Å². The smallest absolute Gasteiger partial charge is 0.306 e.